The number of hydrogen-bond donors (Lipinski definition) is 7. The number of carbonyl (C=O) groups is 6. The van der Waals surface area contributed by atoms with Crippen LogP contribution >= 0.6 is 11.3 Å². The van der Waals surface area contributed by atoms with Gasteiger partial charge in [-0.3, -0.25) is 33.7 Å². The molecule has 2 fully saturated rings. The van der Waals surface area contributed by atoms with Gasteiger partial charge >= 0.3 is 0 Å². The van der Waals surface area contributed by atoms with Crippen LogP contribution in [0.2, 0.25) is 0 Å². The summed E-state index contributed by atoms with van der Waals surface area (Å²) >= 11 is 1.58. The number of aliphatic hydroxyl groups excluding tert-OH is 1. The number of amides is 6. The zero-order chi connectivity index (χ0) is 53.8. The van der Waals surface area contributed by atoms with E-state index in [0.29, 0.717) is 65.4 Å². The number of aromatic nitrogens is 2. The van der Waals surface area contributed by atoms with Gasteiger partial charge in [-0.2, -0.15) is 0 Å². The number of benzene rings is 2. The van der Waals surface area contributed by atoms with E-state index in [1.54, 1.807) is 17.4 Å². The Hall–Kier alpha value is -6.28. The number of hydrogen-bond acceptors (Lipinski definition) is 11. The van der Waals surface area contributed by atoms with Crippen LogP contribution in [-0.2, 0) is 30.5 Å². The first-order valence-electron chi connectivity index (χ1n) is 26.4. The highest BCUT2D eigenvalue weighted by molar-refractivity contribution is 7.13. The predicted octanol–water partition coefficient (Wildman–Crippen LogP) is 6.09. The van der Waals surface area contributed by atoms with Gasteiger partial charge in [0.1, 0.15) is 17.9 Å². The Morgan fingerprint density at radius 2 is 1.57 bits per heavy atom. The Morgan fingerprint density at radius 1 is 0.880 bits per heavy atom. The Labute approximate surface area is 443 Å². The molecule has 3 atom stereocenters. The van der Waals surface area contributed by atoms with E-state index in [9.17, 15) is 38.3 Å². The fraction of sp³-hybridized carbons (Fsp3) is 0.518. The van der Waals surface area contributed by atoms with Gasteiger partial charge in [-0.05, 0) is 93.0 Å². The van der Waals surface area contributed by atoms with E-state index < -0.39 is 29.4 Å². The molecule has 3 aliphatic rings. The molecule has 6 amide bonds. The van der Waals surface area contributed by atoms with E-state index in [1.165, 1.54) is 23.1 Å². The third kappa shape index (κ3) is 15.2. The molecule has 17 nitrogen and oxygen atoms in total. The van der Waals surface area contributed by atoms with Crippen molar-refractivity contribution in [1.82, 2.24) is 45.9 Å². The van der Waals surface area contributed by atoms with Gasteiger partial charge in [0.15, 0.2) is 0 Å². The summed E-state index contributed by atoms with van der Waals surface area (Å²) in [5.74, 6) is -1.88. The first kappa shape index (κ1) is 56.4. The van der Waals surface area contributed by atoms with Crippen molar-refractivity contribution in [1.29, 1.82) is 0 Å². The summed E-state index contributed by atoms with van der Waals surface area (Å²) in [7, 11) is 0. The van der Waals surface area contributed by atoms with Crippen LogP contribution in [0.15, 0.2) is 48.0 Å². The molecule has 0 saturated carbocycles. The molecule has 4 aromatic rings. The number of aliphatic hydroxyl groups is 1. The van der Waals surface area contributed by atoms with Crippen LogP contribution in [0.3, 0.4) is 0 Å². The van der Waals surface area contributed by atoms with Crippen molar-refractivity contribution in [2.24, 2.45) is 5.41 Å². The fourth-order valence-electron chi connectivity index (χ4n) is 10.1. The molecule has 2 aromatic carbocycles. The van der Waals surface area contributed by atoms with E-state index >= 15 is 0 Å². The second-order valence-corrected chi connectivity index (χ2v) is 22.1. The van der Waals surface area contributed by atoms with Crippen molar-refractivity contribution in [3.05, 3.63) is 93.1 Å². The molecule has 75 heavy (non-hydrogen) atoms. The minimum atomic E-state index is -0.871. The number of anilines is 1. The average molecular weight is 1050 g/mol. The summed E-state index contributed by atoms with van der Waals surface area (Å²) in [6, 6.07) is 10.4. The number of unbranched alkanes of at least 4 members (excludes halogenated alkanes) is 5. The molecule has 0 unspecified atom stereocenters. The van der Waals surface area contributed by atoms with Gasteiger partial charge < -0.3 is 46.5 Å². The Kier molecular flexibility index (Phi) is 19.6. The molecule has 0 bridgehead atoms. The molecule has 19 heteroatoms. The van der Waals surface area contributed by atoms with Crippen molar-refractivity contribution < 1.29 is 38.3 Å². The molecule has 0 spiro atoms. The first-order valence-corrected chi connectivity index (χ1v) is 27.3. The summed E-state index contributed by atoms with van der Waals surface area (Å²) in [6.45, 7) is 17.1. The number of thiazole rings is 1. The minimum absolute atomic E-state index is 0.0177. The van der Waals surface area contributed by atoms with Crippen LogP contribution < -0.4 is 26.6 Å². The number of fused-ring (bicyclic) bond motifs is 1. The van der Waals surface area contributed by atoms with E-state index in [1.807, 2.05) is 71.3 Å². The number of rotatable bonds is 23. The van der Waals surface area contributed by atoms with E-state index in [0.717, 1.165) is 92.9 Å². The highest BCUT2D eigenvalue weighted by Crippen LogP contribution is 2.35. The molecule has 5 heterocycles. The second-order valence-electron chi connectivity index (χ2n) is 21.3. The normalized spacial score (nSPS) is 17.9. The van der Waals surface area contributed by atoms with Crippen LogP contribution in [0.5, 0.6) is 0 Å². The summed E-state index contributed by atoms with van der Waals surface area (Å²) in [5, 5.41) is 25.3. The lowest BCUT2D eigenvalue weighted by Gasteiger charge is -2.35. The maximum Gasteiger partial charge on any atom is 0.256 e. The lowest BCUT2D eigenvalue weighted by Crippen LogP contribution is -2.57. The maximum atomic E-state index is 14.0. The molecule has 7 N–H and O–H groups in total. The second kappa shape index (κ2) is 26.0. The molecule has 0 radical (unpaired) electrons. The lowest BCUT2D eigenvalue weighted by atomic mass is 9.85. The van der Waals surface area contributed by atoms with Crippen molar-refractivity contribution >= 4 is 64.1 Å². The lowest BCUT2D eigenvalue weighted by molar-refractivity contribution is -0.144. The van der Waals surface area contributed by atoms with Crippen molar-refractivity contribution in [2.45, 2.75) is 124 Å². The maximum absolute atomic E-state index is 14.0. The van der Waals surface area contributed by atoms with Gasteiger partial charge in [0.25, 0.3) is 11.8 Å². The van der Waals surface area contributed by atoms with Crippen molar-refractivity contribution in [3.8, 4) is 10.4 Å². The number of nitrogens with one attached hydrogen (secondary N) is 6. The van der Waals surface area contributed by atoms with E-state index in [-0.39, 0.29) is 61.4 Å². The standard InChI is InChI=1S/C56H75FN10O7S/c1-35-45(30-43-42-28-40(57)19-20-44(42)63-52(43)71)62-36(2)49(35)54(73)59-22-13-23-65-24-26-66(27-25-65)33-48(70)58-21-12-10-8-7-9-11-14-47(69)64-51(56(4,5)6)55(74)67-32-41(68)29-46(67)53(72)60-31-38-15-17-39(18-16-38)50-37(3)61-34-75-50/h15-20,28,30,34,41,46,51,62,68H,7-14,21-27,29,31-33H2,1-6H3,(H,58,70)(H,59,73)(H,60,72)(H,63,71)(H,64,69)/b43-30-/t41-,46+,51-/m1/s1. The Bertz CT molecular complexity index is 2710. The molecular formula is C56H75FN10O7S. The van der Waals surface area contributed by atoms with Crippen molar-refractivity contribution in [3.63, 3.8) is 0 Å². The fourth-order valence-corrected chi connectivity index (χ4v) is 10.9. The number of H-pyrrole nitrogens is 1. The van der Waals surface area contributed by atoms with Crippen LogP contribution in [-0.4, -0.2) is 142 Å². The quantitative estimate of drug-likeness (QED) is 0.0335. The topological polar surface area (TPSA) is 221 Å². The molecule has 0 aliphatic carbocycles. The average Bonchev–Trinajstić information content (AvgIpc) is 4.14. The monoisotopic (exact) mass is 1050 g/mol. The summed E-state index contributed by atoms with van der Waals surface area (Å²) in [4.78, 5) is 93.8. The third-order valence-electron chi connectivity index (χ3n) is 14.4. The smallest absolute Gasteiger partial charge is 0.256 e. The molecule has 2 saturated heterocycles. The predicted molar refractivity (Wildman–Crippen MR) is 290 cm³/mol. The largest absolute Gasteiger partial charge is 0.391 e. The number of aromatic amines is 1. The molecule has 404 valence electrons. The number of nitrogens with zero attached hydrogens (tertiary/aromatic N) is 4. The number of β-amino-alcohol motifs (C(OH)–C–C–N with tert-alkyl or cyclic N) is 1. The van der Waals surface area contributed by atoms with Gasteiger partial charge in [0.05, 0.1) is 39.9 Å². The number of carbonyl (C=O) groups excluding carboxylic acids is 6. The zero-order valence-corrected chi connectivity index (χ0v) is 45.2. The van der Waals surface area contributed by atoms with Gasteiger partial charge in [-0.25, -0.2) is 9.37 Å². The van der Waals surface area contributed by atoms with Gasteiger partial charge in [0.2, 0.25) is 23.6 Å². The van der Waals surface area contributed by atoms with E-state index in [2.05, 4.69) is 46.4 Å². The highest BCUT2D eigenvalue weighted by Gasteiger charge is 2.44. The van der Waals surface area contributed by atoms with Crippen LogP contribution in [0.1, 0.15) is 123 Å². The molecule has 3 aliphatic heterocycles. The van der Waals surface area contributed by atoms with Gasteiger partial charge in [0, 0.05) is 87.8 Å². The van der Waals surface area contributed by atoms with Crippen LogP contribution in [0.25, 0.3) is 22.1 Å². The third-order valence-corrected chi connectivity index (χ3v) is 15.4. The molecule has 7 rings (SSSR count). The number of halogens is 1. The number of piperazine rings is 1. The van der Waals surface area contributed by atoms with Gasteiger partial charge in [-0.1, -0.05) is 70.7 Å². The van der Waals surface area contributed by atoms with Crippen LogP contribution in [0, 0.1) is 32.0 Å². The van der Waals surface area contributed by atoms with Crippen molar-refractivity contribution in [2.75, 3.05) is 64.2 Å². The molecule has 2 aromatic heterocycles. The Balaban J connectivity index is 0.715. The Morgan fingerprint density at radius 3 is 2.28 bits per heavy atom. The number of aryl methyl sites for hydroxylation is 2. The molecular weight excluding hydrogens is 976 g/mol. The van der Waals surface area contributed by atoms with E-state index in [4.69, 9.17) is 0 Å². The SMILES string of the molecule is Cc1ncsc1-c1ccc(CNC(=O)[C@@H]2C[C@@H](O)CN2C(=O)[C@@H](NC(=O)CCCCCCCCNC(=O)CN2CCN(CCCNC(=O)c3c(C)[nH]c(/C=C4\C(=O)Nc5ccc(F)cc54)c3C)CC2)C(C)(C)C)cc1. The summed E-state index contributed by atoms with van der Waals surface area (Å²) in [5.41, 5.74) is 8.03. The number of likely N-dealkylation sites (tertiary alicyclic amines) is 1. The van der Waals surface area contributed by atoms with Crippen LogP contribution in [0.4, 0.5) is 10.1 Å². The first-order chi connectivity index (χ1) is 35.9. The summed E-state index contributed by atoms with van der Waals surface area (Å²) < 4.78 is 14.0. The summed E-state index contributed by atoms with van der Waals surface area (Å²) in [6.07, 6.45) is 7.29. The zero-order valence-electron chi connectivity index (χ0n) is 44.3. The minimum Gasteiger partial charge on any atom is -0.391 e. The highest BCUT2D eigenvalue weighted by atomic mass is 32.1. The van der Waals surface area contributed by atoms with Gasteiger partial charge in [-0.15, -0.1) is 11.3 Å².